The van der Waals surface area contributed by atoms with E-state index in [0.717, 1.165) is 66.5 Å². The van der Waals surface area contributed by atoms with Crippen molar-refractivity contribution < 1.29 is 9.47 Å². The van der Waals surface area contributed by atoms with Gasteiger partial charge in [0.05, 0.1) is 23.7 Å². The highest BCUT2D eigenvalue weighted by molar-refractivity contribution is 7.13. The lowest BCUT2D eigenvalue weighted by molar-refractivity contribution is 0.291. The summed E-state index contributed by atoms with van der Waals surface area (Å²) in [5, 5.41) is 6.52. The molecule has 0 fully saturated rings. The molecular weight excluding hydrogens is 420 g/mol. The summed E-state index contributed by atoms with van der Waals surface area (Å²) >= 11 is 1.61. The summed E-state index contributed by atoms with van der Waals surface area (Å²) < 4.78 is 12.3. The van der Waals surface area contributed by atoms with E-state index in [1.54, 1.807) is 17.5 Å². The summed E-state index contributed by atoms with van der Waals surface area (Å²) in [7, 11) is 0. The van der Waals surface area contributed by atoms with Gasteiger partial charge in [-0.1, -0.05) is 12.1 Å². The minimum absolute atomic E-state index is 0.362. The molecule has 32 heavy (non-hydrogen) atoms. The minimum atomic E-state index is 0.362. The van der Waals surface area contributed by atoms with E-state index >= 15 is 0 Å². The molecule has 0 saturated carbocycles. The number of nitrogens with zero attached hydrogens (tertiary/aromatic N) is 3. The molecule has 1 aliphatic rings. The van der Waals surface area contributed by atoms with Gasteiger partial charge in [0, 0.05) is 30.6 Å². The van der Waals surface area contributed by atoms with Crippen molar-refractivity contribution in [3.05, 3.63) is 53.7 Å². The highest BCUT2D eigenvalue weighted by Crippen LogP contribution is 2.36. The normalized spacial score (nSPS) is 15.3. The predicted molar refractivity (Wildman–Crippen MR) is 130 cm³/mol. The second kappa shape index (κ2) is 11.1. The number of aliphatic imine (C=N–C) groups is 1. The Morgan fingerprint density at radius 1 is 1.00 bits per heavy atom. The van der Waals surface area contributed by atoms with E-state index in [1.165, 1.54) is 0 Å². The van der Waals surface area contributed by atoms with Crippen LogP contribution in [-0.4, -0.2) is 35.0 Å². The third-order valence-electron chi connectivity index (χ3n) is 5.05. The summed E-state index contributed by atoms with van der Waals surface area (Å²) in [6, 6.07) is 12.0. The Morgan fingerprint density at radius 3 is 2.75 bits per heavy atom. The molecule has 2 bridgehead atoms. The molecule has 2 aromatic heterocycles. The summed E-state index contributed by atoms with van der Waals surface area (Å²) in [5.41, 5.74) is 1.94. The molecular formula is C25H30N4O2S. The fraction of sp³-hybridized carbons (Fsp3) is 0.400. The number of benzene rings is 1. The fourth-order valence-corrected chi connectivity index (χ4v) is 4.37. The smallest absolute Gasteiger partial charge is 0.229 e. The van der Waals surface area contributed by atoms with Crippen LogP contribution in [0.3, 0.4) is 0 Å². The number of amidine groups is 1. The number of ether oxygens (including phenoxy) is 2. The maximum atomic E-state index is 6.22. The van der Waals surface area contributed by atoms with Crippen LogP contribution in [-0.2, 0) is 6.42 Å². The van der Waals surface area contributed by atoms with E-state index in [4.69, 9.17) is 19.5 Å². The highest BCUT2D eigenvalue weighted by Gasteiger charge is 2.15. The summed E-state index contributed by atoms with van der Waals surface area (Å²) in [5.74, 6) is 2.99. The van der Waals surface area contributed by atoms with Gasteiger partial charge in [-0.25, -0.2) is 9.97 Å². The molecule has 0 atom stereocenters. The fourth-order valence-electron chi connectivity index (χ4n) is 3.50. The molecule has 1 aromatic carbocycles. The number of pyridine rings is 1. The van der Waals surface area contributed by atoms with E-state index in [9.17, 15) is 0 Å². The van der Waals surface area contributed by atoms with Crippen molar-refractivity contribution in [2.75, 3.05) is 13.2 Å². The first kappa shape index (κ1) is 22.3. The predicted octanol–water partition coefficient (Wildman–Crippen LogP) is 5.89. The molecule has 0 radical (unpaired) electrons. The zero-order valence-electron chi connectivity index (χ0n) is 18.7. The molecule has 4 rings (SSSR count). The van der Waals surface area contributed by atoms with Gasteiger partial charge in [0.25, 0.3) is 0 Å². The third-order valence-corrected chi connectivity index (χ3v) is 5.97. The maximum Gasteiger partial charge on any atom is 0.229 e. The van der Waals surface area contributed by atoms with Crippen molar-refractivity contribution in [2.24, 2.45) is 4.99 Å². The minimum Gasteiger partial charge on any atom is -0.490 e. The Hall–Kier alpha value is -2.93. The van der Waals surface area contributed by atoms with Gasteiger partial charge in [-0.15, -0.1) is 11.3 Å². The molecule has 3 heterocycles. The van der Waals surface area contributed by atoms with E-state index in [2.05, 4.69) is 29.5 Å². The summed E-state index contributed by atoms with van der Waals surface area (Å²) in [6.45, 7) is 5.77. The second-order valence-corrected chi connectivity index (χ2v) is 8.94. The van der Waals surface area contributed by atoms with Gasteiger partial charge in [-0.3, -0.25) is 4.99 Å². The number of aryl methyl sites for hydroxylation is 1. The Balaban J connectivity index is 1.62. The molecule has 0 saturated heterocycles. The molecule has 168 valence electrons. The Bertz CT molecular complexity index is 1050. The number of nitrogens with one attached hydrogen (secondary N) is 1. The molecule has 0 unspecified atom stereocenters. The van der Waals surface area contributed by atoms with Crippen LogP contribution < -0.4 is 14.8 Å². The van der Waals surface area contributed by atoms with Crippen LogP contribution in [0, 0.1) is 0 Å². The molecule has 1 aliphatic heterocycles. The largest absolute Gasteiger partial charge is 0.490 e. The number of aromatic nitrogens is 2. The van der Waals surface area contributed by atoms with Crippen molar-refractivity contribution in [3.8, 4) is 28.0 Å². The Morgan fingerprint density at radius 2 is 1.88 bits per heavy atom. The van der Waals surface area contributed by atoms with Crippen LogP contribution >= 0.6 is 11.3 Å². The number of fused-ring (bicyclic) bond motifs is 5. The monoisotopic (exact) mass is 450 g/mol. The molecule has 7 heteroatoms. The molecule has 6 nitrogen and oxygen atoms in total. The number of rotatable bonds is 1. The van der Waals surface area contributed by atoms with Gasteiger partial charge < -0.3 is 14.8 Å². The van der Waals surface area contributed by atoms with E-state index in [-0.39, 0.29) is 0 Å². The lowest BCUT2D eigenvalue weighted by Gasteiger charge is -2.14. The van der Waals surface area contributed by atoms with Crippen LogP contribution in [0.15, 0.2) is 53.0 Å². The van der Waals surface area contributed by atoms with Crippen molar-refractivity contribution in [3.63, 3.8) is 0 Å². The quantitative estimate of drug-likeness (QED) is 0.501. The first-order valence-electron chi connectivity index (χ1n) is 11.3. The van der Waals surface area contributed by atoms with Crippen LogP contribution in [0.1, 0.15) is 45.2 Å². The van der Waals surface area contributed by atoms with Crippen LogP contribution in [0.25, 0.3) is 10.6 Å². The molecule has 0 amide bonds. The van der Waals surface area contributed by atoms with Crippen LogP contribution in [0.5, 0.6) is 17.4 Å². The SMILES string of the molecule is CC(C)NC1=NCCCCCOc2ccccc2Oc2ncccc2-c2nc(cs2)CC1. The first-order chi connectivity index (χ1) is 15.7. The average molecular weight is 451 g/mol. The zero-order chi connectivity index (χ0) is 22.2. The van der Waals surface area contributed by atoms with Crippen molar-refractivity contribution in [2.45, 2.75) is 52.0 Å². The number of thiazole rings is 1. The van der Waals surface area contributed by atoms with Gasteiger partial charge in [-0.2, -0.15) is 0 Å². The number of hydrogen-bond acceptors (Lipinski definition) is 7. The van der Waals surface area contributed by atoms with Gasteiger partial charge >= 0.3 is 0 Å². The number of para-hydroxylation sites is 2. The molecule has 1 N–H and O–H groups in total. The van der Waals surface area contributed by atoms with Crippen molar-refractivity contribution in [1.29, 1.82) is 0 Å². The van der Waals surface area contributed by atoms with E-state index in [0.29, 0.717) is 24.3 Å². The highest BCUT2D eigenvalue weighted by atomic mass is 32.1. The summed E-state index contributed by atoms with van der Waals surface area (Å²) in [4.78, 5) is 14.2. The van der Waals surface area contributed by atoms with E-state index in [1.807, 2.05) is 36.4 Å². The Labute approximate surface area is 193 Å². The van der Waals surface area contributed by atoms with Crippen LogP contribution in [0.4, 0.5) is 0 Å². The summed E-state index contributed by atoms with van der Waals surface area (Å²) in [6.07, 6.45) is 6.54. The molecule has 0 aliphatic carbocycles. The zero-order valence-corrected chi connectivity index (χ0v) is 19.5. The molecule has 0 spiro atoms. The first-order valence-corrected chi connectivity index (χ1v) is 12.2. The van der Waals surface area contributed by atoms with E-state index < -0.39 is 0 Å². The lowest BCUT2D eigenvalue weighted by Crippen LogP contribution is -2.31. The van der Waals surface area contributed by atoms with Gasteiger partial charge in [0.15, 0.2) is 11.5 Å². The third kappa shape index (κ3) is 6.07. The second-order valence-electron chi connectivity index (χ2n) is 8.09. The van der Waals surface area contributed by atoms with Crippen molar-refractivity contribution in [1.82, 2.24) is 15.3 Å². The molecule has 3 aromatic rings. The number of hydrogen-bond donors (Lipinski definition) is 1. The topological polar surface area (TPSA) is 68.6 Å². The average Bonchev–Trinajstić information content (AvgIpc) is 3.26. The van der Waals surface area contributed by atoms with Gasteiger partial charge in [-0.05, 0) is 63.8 Å². The van der Waals surface area contributed by atoms with Crippen molar-refractivity contribution >= 4 is 17.2 Å². The Kier molecular flexibility index (Phi) is 7.72. The van der Waals surface area contributed by atoms with Gasteiger partial charge in [0.2, 0.25) is 5.88 Å². The lowest BCUT2D eigenvalue weighted by atomic mass is 10.2. The standard InChI is InChI=1S/C25H30N4O2S/c1-18(2)28-23-13-12-19-17-32-25(29-19)20-9-8-15-27-24(20)31-22-11-5-4-10-21(22)30-16-7-3-6-14-26-23/h4-5,8-11,15,17-18H,3,6-7,12-14,16H2,1-2H3,(H,26,28). The maximum absolute atomic E-state index is 6.22. The van der Waals surface area contributed by atoms with Gasteiger partial charge in [0.1, 0.15) is 5.01 Å². The van der Waals surface area contributed by atoms with Crippen LogP contribution in [0.2, 0.25) is 0 Å².